The molecule has 2 aromatic carbocycles. The number of rotatable bonds is 4. The van der Waals surface area contributed by atoms with E-state index in [-0.39, 0.29) is 11.8 Å². The molecule has 1 aliphatic heterocycles. The maximum Gasteiger partial charge on any atom is 0.256 e. The second-order valence-corrected chi connectivity index (χ2v) is 7.18. The first-order valence-corrected chi connectivity index (χ1v) is 9.81. The largest absolute Gasteiger partial charge is 0.312 e. The first-order chi connectivity index (χ1) is 14.7. The zero-order valence-corrected chi connectivity index (χ0v) is 16.1. The fourth-order valence-electron chi connectivity index (χ4n) is 3.82. The van der Waals surface area contributed by atoms with E-state index in [2.05, 4.69) is 20.5 Å². The zero-order valence-electron chi connectivity index (χ0n) is 16.1. The van der Waals surface area contributed by atoms with E-state index in [1.165, 1.54) is 0 Å². The minimum Gasteiger partial charge on any atom is -0.312 e. The molecule has 0 unspecified atom stereocenters. The minimum atomic E-state index is -0.281. The first kappa shape index (κ1) is 18.1. The molecule has 0 radical (unpaired) electrons. The molecule has 1 saturated heterocycles. The maximum atomic E-state index is 13.0. The van der Waals surface area contributed by atoms with Gasteiger partial charge in [0.2, 0.25) is 5.91 Å². The highest BCUT2D eigenvalue weighted by molar-refractivity contribution is 6.11. The molecule has 2 aromatic heterocycles. The summed E-state index contributed by atoms with van der Waals surface area (Å²) in [6, 6.07) is 18.9. The average molecular weight is 397 g/mol. The van der Waals surface area contributed by atoms with Crippen molar-refractivity contribution in [2.45, 2.75) is 12.8 Å². The van der Waals surface area contributed by atoms with E-state index in [1.54, 1.807) is 29.3 Å². The number of benzene rings is 2. The van der Waals surface area contributed by atoms with E-state index < -0.39 is 0 Å². The zero-order chi connectivity index (χ0) is 20.5. The maximum absolute atomic E-state index is 13.0. The number of H-pyrrole nitrogens is 1. The van der Waals surface area contributed by atoms with Crippen molar-refractivity contribution in [1.82, 2.24) is 15.2 Å². The second-order valence-electron chi connectivity index (χ2n) is 7.18. The van der Waals surface area contributed by atoms with Crippen LogP contribution in [0.1, 0.15) is 23.2 Å². The lowest BCUT2D eigenvalue weighted by molar-refractivity contribution is -0.117. The Morgan fingerprint density at radius 3 is 2.73 bits per heavy atom. The highest BCUT2D eigenvalue weighted by Gasteiger charge is 2.22. The molecule has 148 valence electrons. The highest BCUT2D eigenvalue weighted by Crippen LogP contribution is 2.31. The summed E-state index contributed by atoms with van der Waals surface area (Å²) < 4.78 is 0. The lowest BCUT2D eigenvalue weighted by Gasteiger charge is -2.16. The standard InChI is InChI=1S/C23H19N5O2/c29-19-10-5-13-28(19)17-9-4-8-16(14-17)23(30)25-22-20-18(15-6-2-1-3-7-15)11-12-24-21(20)26-27-22/h1-4,6-9,11-12,14H,5,10,13H2,(H2,24,25,26,27,30). The summed E-state index contributed by atoms with van der Waals surface area (Å²) in [4.78, 5) is 31.0. The second kappa shape index (κ2) is 7.44. The average Bonchev–Trinajstić information content (AvgIpc) is 3.40. The van der Waals surface area contributed by atoms with E-state index in [0.29, 0.717) is 30.0 Å². The van der Waals surface area contributed by atoms with Crippen LogP contribution in [0.3, 0.4) is 0 Å². The number of amides is 2. The van der Waals surface area contributed by atoms with E-state index in [0.717, 1.165) is 28.6 Å². The van der Waals surface area contributed by atoms with Gasteiger partial charge in [-0.25, -0.2) is 4.98 Å². The fourth-order valence-corrected chi connectivity index (χ4v) is 3.82. The molecule has 7 heteroatoms. The number of fused-ring (bicyclic) bond motifs is 1. The van der Waals surface area contributed by atoms with Crippen LogP contribution >= 0.6 is 0 Å². The van der Waals surface area contributed by atoms with Gasteiger partial charge in [-0.2, -0.15) is 5.10 Å². The quantitative estimate of drug-likeness (QED) is 0.544. The molecule has 1 fully saturated rings. The Kier molecular flexibility index (Phi) is 4.48. The molecule has 0 aliphatic carbocycles. The van der Waals surface area contributed by atoms with Gasteiger partial charge < -0.3 is 10.2 Å². The van der Waals surface area contributed by atoms with Crippen molar-refractivity contribution in [3.63, 3.8) is 0 Å². The number of pyridine rings is 1. The predicted octanol–water partition coefficient (Wildman–Crippen LogP) is 4.00. The lowest BCUT2D eigenvalue weighted by Crippen LogP contribution is -2.24. The third kappa shape index (κ3) is 3.20. The van der Waals surface area contributed by atoms with Crippen LogP contribution in [0, 0.1) is 0 Å². The van der Waals surface area contributed by atoms with Gasteiger partial charge in [-0.15, -0.1) is 0 Å². The summed E-state index contributed by atoms with van der Waals surface area (Å²) in [6.45, 7) is 0.682. The molecular formula is C23H19N5O2. The molecule has 1 aliphatic rings. The highest BCUT2D eigenvalue weighted by atomic mass is 16.2. The molecule has 0 bridgehead atoms. The molecule has 7 nitrogen and oxygen atoms in total. The predicted molar refractivity (Wildman–Crippen MR) is 115 cm³/mol. The molecule has 0 atom stereocenters. The third-order valence-electron chi connectivity index (χ3n) is 5.27. The van der Waals surface area contributed by atoms with Gasteiger partial charge in [0.15, 0.2) is 5.65 Å². The molecule has 2 N–H and O–H groups in total. The van der Waals surface area contributed by atoms with Crippen molar-refractivity contribution in [3.05, 3.63) is 72.4 Å². The van der Waals surface area contributed by atoms with Gasteiger partial charge in [-0.3, -0.25) is 14.7 Å². The van der Waals surface area contributed by atoms with Crippen LogP contribution in [0.4, 0.5) is 11.5 Å². The number of carbonyl (C=O) groups excluding carboxylic acids is 2. The number of aromatic nitrogens is 3. The van der Waals surface area contributed by atoms with E-state index in [1.807, 2.05) is 42.5 Å². The van der Waals surface area contributed by atoms with Crippen LogP contribution in [-0.2, 0) is 4.79 Å². The number of nitrogens with zero attached hydrogens (tertiary/aromatic N) is 3. The number of hydrogen-bond acceptors (Lipinski definition) is 4. The Morgan fingerprint density at radius 1 is 1.07 bits per heavy atom. The van der Waals surface area contributed by atoms with Crippen LogP contribution in [-0.4, -0.2) is 33.5 Å². The molecule has 0 saturated carbocycles. The molecule has 0 spiro atoms. The van der Waals surface area contributed by atoms with Crippen molar-refractivity contribution < 1.29 is 9.59 Å². The van der Waals surface area contributed by atoms with E-state index in [4.69, 9.17) is 0 Å². The Morgan fingerprint density at radius 2 is 1.93 bits per heavy atom. The topological polar surface area (TPSA) is 91.0 Å². The molecule has 2 amide bonds. The number of nitrogens with one attached hydrogen (secondary N) is 2. The Hall–Kier alpha value is -4.00. The van der Waals surface area contributed by atoms with Crippen molar-refractivity contribution in [3.8, 4) is 11.1 Å². The van der Waals surface area contributed by atoms with Gasteiger partial charge in [-0.1, -0.05) is 36.4 Å². The molecule has 30 heavy (non-hydrogen) atoms. The van der Waals surface area contributed by atoms with E-state index >= 15 is 0 Å². The van der Waals surface area contributed by atoms with Gasteiger partial charge >= 0.3 is 0 Å². The number of aromatic amines is 1. The summed E-state index contributed by atoms with van der Waals surface area (Å²) in [5, 5.41) is 10.8. The smallest absolute Gasteiger partial charge is 0.256 e. The van der Waals surface area contributed by atoms with Crippen LogP contribution in [0.2, 0.25) is 0 Å². The molecule has 4 aromatic rings. The number of anilines is 2. The number of hydrogen-bond donors (Lipinski definition) is 2. The van der Waals surface area contributed by atoms with Crippen LogP contribution in [0.15, 0.2) is 66.9 Å². The first-order valence-electron chi connectivity index (χ1n) is 9.81. The number of carbonyl (C=O) groups is 2. The molecular weight excluding hydrogens is 378 g/mol. The van der Waals surface area contributed by atoms with Gasteiger partial charge in [0.25, 0.3) is 5.91 Å². The van der Waals surface area contributed by atoms with Crippen molar-refractivity contribution in [2.75, 3.05) is 16.8 Å². The summed E-state index contributed by atoms with van der Waals surface area (Å²) in [6.07, 6.45) is 3.09. The minimum absolute atomic E-state index is 0.0886. The molecule has 3 heterocycles. The lowest BCUT2D eigenvalue weighted by atomic mass is 10.0. The van der Waals surface area contributed by atoms with Crippen molar-refractivity contribution in [1.29, 1.82) is 0 Å². The Labute approximate surface area is 172 Å². The normalized spacial score (nSPS) is 13.7. The van der Waals surface area contributed by atoms with Crippen molar-refractivity contribution >= 4 is 34.4 Å². The van der Waals surface area contributed by atoms with Crippen LogP contribution in [0.25, 0.3) is 22.2 Å². The third-order valence-corrected chi connectivity index (χ3v) is 5.27. The fraction of sp³-hybridized carbons (Fsp3) is 0.130. The van der Waals surface area contributed by atoms with Gasteiger partial charge in [0.1, 0.15) is 5.82 Å². The molecule has 5 rings (SSSR count). The summed E-state index contributed by atoms with van der Waals surface area (Å²) in [5.74, 6) is 0.298. The van der Waals surface area contributed by atoms with Gasteiger partial charge in [-0.05, 0) is 41.8 Å². The van der Waals surface area contributed by atoms with Crippen molar-refractivity contribution in [2.24, 2.45) is 0 Å². The Bertz CT molecular complexity index is 1250. The SMILES string of the molecule is O=C(Nc1[nH]nc2nccc(-c3ccccc3)c12)c1cccc(N2CCCC2=O)c1. The van der Waals surface area contributed by atoms with Crippen LogP contribution < -0.4 is 10.2 Å². The van der Waals surface area contributed by atoms with Crippen LogP contribution in [0.5, 0.6) is 0 Å². The summed E-state index contributed by atoms with van der Waals surface area (Å²) >= 11 is 0. The van der Waals surface area contributed by atoms with Gasteiger partial charge in [0, 0.05) is 30.4 Å². The van der Waals surface area contributed by atoms with Gasteiger partial charge in [0.05, 0.1) is 5.39 Å². The van der Waals surface area contributed by atoms with E-state index in [9.17, 15) is 9.59 Å². The monoisotopic (exact) mass is 397 g/mol. The Balaban J connectivity index is 1.48. The summed E-state index contributed by atoms with van der Waals surface area (Å²) in [7, 11) is 0. The summed E-state index contributed by atoms with van der Waals surface area (Å²) in [5.41, 5.74) is 3.69.